The highest BCUT2D eigenvalue weighted by molar-refractivity contribution is 6.31. The van der Waals surface area contributed by atoms with Crippen molar-refractivity contribution in [1.29, 1.82) is 0 Å². The lowest BCUT2D eigenvalue weighted by Gasteiger charge is -2.17. The van der Waals surface area contributed by atoms with Gasteiger partial charge in [0.15, 0.2) is 0 Å². The van der Waals surface area contributed by atoms with Crippen molar-refractivity contribution in [2.45, 2.75) is 12.5 Å². The van der Waals surface area contributed by atoms with Crippen LogP contribution in [-0.4, -0.2) is 49.9 Å². The predicted molar refractivity (Wildman–Crippen MR) is 138 cm³/mol. The standard InChI is InChI=1S/C27H25ClN4O3/c1-31(2)16-17-3-8-20(9-4-17)29-25(24-22-12-7-19(28)15-23(22)30-26(24)33)18-5-10-21(11-6-18)32-13-14-35-27(32)34/h3-12,15,24H,13-14,16H2,1-2H3,(H,30,33). The van der Waals surface area contributed by atoms with E-state index in [1.807, 2.05) is 68.7 Å². The number of carbonyl (C=O) groups excluding carboxylic acids is 2. The van der Waals surface area contributed by atoms with Gasteiger partial charge in [-0.2, -0.15) is 0 Å². The first-order valence-electron chi connectivity index (χ1n) is 11.4. The Balaban J connectivity index is 1.55. The smallest absolute Gasteiger partial charge is 0.414 e. The van der Waals surface area contributed by atoms with Crippen molar-refractivity contribution in [2.75, 3.05) is 37.5 Å². The van der Waals surface area contributed by atoms with Gasteiger partial charge in [-0.05, 0) is 67.2 Å². The van der Waals surface area contributed by atoms with Crippen molar-refractivity contribution in [1.82, 2.24) is 4.90 Å². The number of nitrogens with one attached hydrogen (secondary N) is 1. The van der Waals surface area contributed by atoms with Crippen LogP contribution in [0.4, 0.5) is 21.9 Å². The first-order valence-corrected chi connectivity index (χ1v) is 11.7. The molecule has 2 heterocycles. The first kappa shape index (κ1) is 23.1. The Hall–Kier alpha value is -3.68. The van der Waals surface area contributed by atoms with Gasteiger partial charge >= 0.3 is 6.09 Å². The Morgan fingerprint density at radius 2 is 1.83 bits per heavy atom. The maximum absolute atomic E-state index is 13.1. The molecular formula is C27H25ClN4O3. The molecule has 1 atom stereocenters. The summed E-state index contributed by atoms with van der Waals surface area (Å²) in [7, 11) is 4.05. The number of rotatable bonds is 6. The lowest BCUT2D eigenvalue weighted by atomic mass is 9.90. The average molecular weight is 489 g/mol. The summed E-state index contributed by atoms with van der Waals surface area (Å²) in [4.78, 5) is 33.7. The molecule has 5 rings (SSSR count). The van der Waals surface area contributed by atoms with Gasteiger partial charge in [-0.25, -0.2) is 4.79 Å². The number of aliphatic imine (C=N–C) groups is 1. The SMILES string of the molecule is CN(C)Cc1ccc(N=C(c2ccc(N3CCOC3=O)cc2)C2C(=O)Nc3cc(Cl)ccc32)cc1. The topological polar surface area (TPSA) is 74.2 Å². The third-order valence-corrected chi connectivity index (χ3v) is 6.28. The number of cyclic esters (lactones) is 1. The zero-order chi connectivity index (χ0) is 24.5. The van der Waals surface area contributed by atoms with Gasteiger partial charge < -0.3 is 15.0 Å². The molecule has 8 heteroatoms. The van der Waals surface area contributed by atoms with Crippen LogP contribution in [0.3, 0.4) is 0 Å². The summed E-state index contributed by atoms with van der Waals surface area (Å²) in [5, 5.41) is 3.49. The molecule has 3 aromatic carbocycles. The van der Waals surface area contributed by atoms with Crippen molar-refractivity contribution in [2.24, 2.45) is 4.99 Å². The molecule has 0 radical (unpaired) electrons. The van der Waals surface area contributed by atoms with Crippen molar-refractivity contribution in [3.63, 3.8) is 0 Å². The van der Waals surface area contributed by atoms with Crippen molar-refractivity contribution < 1.29 is 14.3 Å². The molecule has 0 saturated carbocycles. The highest BCUT2D eigenvalue weighted by Crippen LogP contribution is 2.38. The Morgan fingerprint density at radius 1 is 1.09 bits per heavy atom. The fourth-order valence-corrected chi connectivity index (χ4v) is 4.59. The summed E-state index contributed by atoms with van der Waals surface area (Å²) in [5.41, 5.74) is 5.61. The first-order chi connectivity index (χ1) is 16.9. The van der Waals surface area contributed by atoms with Crippen LogP contribution >= 0.6 is 11.6 Å². The van der Waals surface area contributed by atoms with Gasteiger partial charge in [0.25, 0.3) is 0 Å². The van der Waals surface area contributed by atoms with E-state index in [2.05, 4.69) is 10.2 Å². The van der Waals surface area contributed by atoms with Gasteiger partial charge in [0.2, 0.25) is 5.91 Å². The van der Waals surface area contributed by atoms with Crippen LogP contribution in [0.1, 0.15) is 22.6 Å². The van der Waals surface area contributed by atoms with Crippen LogP contribution in [0, 0.1) is 0 Å². The monoisotopic (exact) mass is 488 g/mol. The molecule has 35 heavy (non-hydrogen) atoms. The fourth-order valence-electron chi connectivity index (χ4n) is 4.42. The largest absolute Gasteiger partial charge is 0.447 e. The third kappa shape index (κ3) is 4.78. The lowest BCUT2D eigenvalue weighted by molar-refractivity contribution is -0.115. The molecule has 0 aromatic heterocycles. The van der Waals surface area contributed by atoms with E-state index in [1.165, 1.54) is 5.56 Å². The molecule has 0 aliphatic carbocycles. The number of fused-ring (bicyclic) bond motifs is 1. The van der Waals surface area contributed by atoms with E-state index in [-0.39, 0.29) is 12.0 Å². The average Bonchev–Trinajstić information content (AvgIpc) is 3.40. The van der Waals surface area contributed by atoms with E-state index >= 15 is 0 Å². The zero-order valence-electron chi connectivity index (χ0n) is 19.5. The minimum atomic E-state index is -0.591. The van der Waals surface area contributed by atoms with Gasteiger partial charge in [0, 0.05) is 22.9 Å². The van der Waals surface area contributed by atoms with Gasteiger partial charge in [-0.15, -0.1) is 0 Å². The van der Waals surface area contributed by atoms with E-state index in [0.717, 1.165) is 29.0 Å². The van der Waals surface area contributed by atoms with Crippen molar-refractivity contribution in [3.05, 3.63) is 88.4 Å². The summed E-state index contributed by atoms with van der Waals surface area (Å²) in [6, 6.07) is 20.9. The molecular weight excluding hydrogens is 464 g/mol. The van der Waals surface area contributed by atoms with Crippen LogP contribution in [0.25, 0.3) is 0 Å². The van der Waals surface area contributed by atoms with Gasteiger partial charge in [0.05, 0.1) is 17.9 Å². The van der Waals surface area contributed by atoms with E-state index in [4.69, 9.17) is 21.3 Å². The summed E-state index contributed by atoms with van der Waals surface area (Å²) in [6.07, 6.45) is -0.356. The number of halogens is 1. The van der Waals surface area contributed by atoms with Crippen molar-refractivity contribution in [3.8, 4) is 0 Å². The normalized spacial score (nSPS) is 17.5. The second kappa shape index (κ2) is 9.52. The predicted octanol–water partition coefficient (Wildman–Crippen LogP) is 5.21. The van der Waals surface area contributed by atoms with Crippen LogP contribution < -0.4 is 10.2 Å². The second-order valence-corrected chi connectivity index (χ2v) is 9.30. The van der Waals surface area contributed by atoms with Gasteiger partial charge in [-0.3, -0.25) is 14.7 Å². The number of amides is 2. The van der Waals surface area contributed by atoms with Gasteiger partial charge in [0.1, 0.15) is 12.5 Å². The van der Waals surface area contributed by atoms with Crippen LogP contribution in [0.5, 0.6) is 0 Å². The Bertz CT molecular complexity index is 1300. The quantitative estimate of drug-likeness (QED) is 0.483. The highest BCUT2D eigenvalue weighted by Gasteiger charge is 2.35. The molecule has 1 N–H and O–H groups in total. The molecule has 178 valence electrons. The molecule has 1 saturated heterocycles. The minimum Gasteiger partial charge on any atom is -0.447 e. The van der Waals surface area contributed by atoms with E-state index in [1.54, 1.807) is 17.0 Å². The molecule has 1 unspecified atom stereocenters. The van der Waals surface area contributed by atoms with Crippen LogP contribution in [0.2, 0.25) is 5.02 Å². The number of benzene rings is 3. The number of anilines is 2. The molecule has 2 amide bonds. The fraction of sp³-hybridized carbons (Fsp3) is 0.222. The molecule has 7 nitrogen and oxygen atoms in total. The number of hydrogen-bond donors (Lipinski definition) is 1. The molecule has 1 fully saturated rings. The minimum absolute atomic E-state index is 0.155. The van der Waals surface area contributed by atoms with Gasteiger partial charge in [-0.1, -0.05) is 41.9 Å². The van der Waals surface area contributed by atoms with Crippen LogP contribution in [0.15, 0.2) is 71.7 Å². The Morgan fingerprint density at radius 3 is 2.49 bits per heavy atom. The highest BCUT2D eigenvalue weighted by atomic mass is 35.5. The molecule has 3 aromatic rings. The number of carbonyl (C=O) groups is 2. The zero-order valence-corrected chi connectivity index (χ0v) is 20.2. The van der Waals surface area contributed by atoms with Crippen molar-refractivity contribution >= 4 is 46.4 Å². The molecule has 2 aliphatic heterocycles. The maximum Gasteiger partial charge on any atom is 0.414 e. The van der Waals surface area contributed by atoms with Crippen LogP contribution in [-0.2, 0) is 16.1 Å². The van der Waals surface area contributed by atoms with E-state index < -0.39 is 5.92 Å². The molecule has 0 bridgehead atoms. The maximum atomic E-state index is 13.1. The van der Waals surface area contributed by atoms with E-state index in [9.17, 15) is 9.59 Å². The third-order valence-electron chi connectivity index (χ3n) is 6.04. The lowest BCUT2D eigenvalue weighted by Crippen LogP contribution is -2.24. The summed E-state index contributed by atoms with van der Waals surface area (Å²) in [6.45, 7) is 1.71. The Kier molecular flexibility index (Phi) is 6.28. The summed E-state index contributed by atoms with van der Waals surface area (Å²) in [5.74, 6) is -0.747. The summed E-state index contributed by atoms with van der Waals surface area (Å²) >= 11 is 6.16. The number of ether oxygens (including phenoxy) is 1. The molecule has 0 spiro atoms. The number of nitrogens with zero attached hydrogens (tertiary/aromatic N) is 3. The molecule has 2 aliphatic rings. The van der Waals surface area contributed by atoms with E-state index in [0.29, 0.717) is 29.6 Å². The Labute approximate surface area is 209 Å². The summed E-state index contributed by atoms with van der Waals surface area (Å²) < 4.78 is 5.05. The second-order valence-electron chi connectivity index (χ2n) is 8.87. The number of hydrogen-bond acceptors (Lipinski definition) is 5.